The molecule has 0 aliphatic heterocycles. The molecule has 0 saturated carbocycles. The second-order valence-electron chi connectivity index (χ2n) is 5.00. The number of carbonyl (C=O) groups is 1. The summed E-state index contributed by atoms with van der Waals surface area (Å²) >= 11 is 0. The topological polar surface area (TPSA) is 17.1 Å². The van der Waals surface area contributed by atoms with E-state index >= 15 is 0 Å². The molecule has 0 saturated heterocycles. The molecule has 0 aromatic heterocycles. The van der Waals surface area contributed by atoms with Gasteiger partial charge >= 0.3 is 0 Å². The van der Waals surface area contributed by atoms with E-state index < -0.39 is 0 Å². The van der Waals surface area contributed by atoms with Gasteiger partial charge in [0.05, 0.1) is 0 Å². The summed E-state index contributed by atoms with van der Waals surface area (Å²) in [6.07, 6.45) is 1.81. The third kappa shape index (κ3) is 2.62. The van der Waals surface area contributed by atoms with E-state index in [1.54, 1.807) is 6.92 Å². The molecule has 0 atom stereocenters. The van der Waals surface area contributed by atoms with Crippen LogP contribution in [0.3, 0.4) is 0 Å². The van der Waals surface area contributed by atoms with Crippen LogP contribution in [0.4, 0.5) is 0 Å². The summed E-state index contributed by atoms with van der Waals surface area (Å²) < 4.78 is 0. The van der Waals surface area contributed by atoms with Gasteiger partial charge in [0.1, 0.15) is 5.78 Å². The normalized spacial score (nSPS) is 13.2. The van der Waals surface area contributed by atoms with Crippen LogP contribution in [-0.2, 0) is 4.79 Å². The van der Waals surface area contributed by atoms with Gasteiger partial charge in [-0.05, 0) is 17.8 Å². The second kappa shape index (κ2) is 3.59. The minimum absolute atomic E-state index is 0.119. The standard InChI is InChI=1S/C11H22O/c1-7-10(3,4)11(5,6)8-9(2)12/h7-8H2,1-6H3. The van der Waals surface area contributed by atoms with Gasteiger partial charge in [-0.2, -0.15) is 0 Å². The highest BCUT2D eigenvalue weighted by Crippen LogP contribution is 2.43. The van der Waals surface area contributed by atoms with Crippen molar-refractivity contribution in [2.45, 2.75) is 54.4 Å². The monoisotopic (exact) mass is 170 g/mol. The summed E-state index contributed by atoms with van der Waals surface area (Å²) in [6, 6.07) is 0. The molecular weight excluding hydrogens is 148 g/mol. The maximum Gasteiger partial charge on any atom is 0.130 e. The average Bonchev–Trinajstić information content (AvgIpc) is 1.84. The molecule has 0 aromatic carbocycles. The maximum absolute atomic E-state index is 11.0. The van der Waals surface area contributed by atoms with E-state index in [-0.39, 0.29) is 10.8 Å². The molecule has 0 unspecified atom stereocenters. The molecule has 0 fully saturated rings. The predicted octanol–water partition coefficient (Wildman–Crippen LogP) is 3.43. The van der Waals surface area contributed by atoms with Gasteiger partial charge in [0.25, 0.3) is 0 Å². The Morgan fingerprint density at radius 2 is 1.50 bits per heavy atom. The second-order valence-corrected chi connectivity index (χ2v) is 5.00. The minimum atomic E-state index is 0.119. The van der Waals surface area contributed by atoms with Crippen LogP contribution in [-0.4, -0.2) is 5.78 Å². The largest absolute Gasteiger partial charge is 0.300 e. The zero-order valence-electron chi connectivity index (χ0n) is 9.32. The number of Topliss-reactive ketones (excluding diaryl/α,β-unsaturated/α-hetero) is 1. The first-order valence-electron chi connectivity index (χ1n) is 4.72. The van der Waals surface area contributed by atoms with Crippen molar-refractivity contribution in [3.63, 3.8) is 0 Å². The van der Waals surface area contributed by atoms with Gasteiger partial charge in [-0.1, -0.05) is 41.0 Å². The van der Waals surface area contributed by atoms with Crippen molar-refractivity contribution >= 4 is 5.78 Å². The van der Waals surface area contributed by atoms with Crippen LogP contribution >= 0.6 is 0 Å². The Balaban J connectivity index is 4.48. The van der Waals surface area contributed by atoms with E-state index in [1.807, 2.05) is 0 Å². The van der Waals surface area contributed by atoms with Crippen molar-refractivity contribution < 1.29 is 4.79 Å². The number of hydrogen-bond acceptors (Lipinski definition) is 1. The van der Waals surface area contributed by atoms with E-state index in [9.17, 15) is 4.79 Å². The summed E-state index contributed by atoms with van der Waals surface area (Å²) in [6.45, 7) is 12.7. The molecule has 0 spiro atoms. The average molecular weight is 170 g/mol. The Labute approximate surface area is 76.6 Å². The lowest BCUT2D eigenvalue weighted by molar-refractivity contribution is -0.120. The van der Waals surface area contributed by atoms with Crippen molar-refractivity contribution in [1.29, 1.82) is 0 Å². The molecule has 0 bridgehead atoms. The lowest BCUT2D eigenvalue weighted by atomic mass is 9.64. The Morgan fingerprint density at radius 1 is 1.08 bits per heavy atom. The van der Waals surface area contributed by atoms with Crippen molar-refractivity contribution in [3.8, 4) is 0 Å². The molecule has 12 heavy (non-hydrogen) atoms. The van der Waals surface area contributed by atoms with Gasteiger partial charge in [-0.3, -0.25) is 0 Å². The van der Waals surface area contributed by atoms with Gasteiger partial charge < -0.3 is 4.79 Å². The third-order valence-corrected chi connectivity index (χ3v) is 3.41. The fraction of sp³-hybridized carbons (Fsp3) is 0.909. The van der Waals surface area contributed by atoms with E-state index in [4.69, 9.17) is 0 Å². The van der Waals surface area contributed by atoms with Crippen molar-refractivity contribution in [3.05, 3.63) is 0 Å². The van der Waals surface area contributed by atoms with Gasteiger partial charge in [0, 0.05) is 6.42 Å². The summed E-state index contributed by atoms with van der Waals surface area (Å²) in [5.41, 5.74) is 0.367. The Hall–Kier alpha value is -0.330. The van der Waals surface area contributed by atoms with Gasteiger partial charge in [0.15, 0.2) is 0 Å². The number of ketones is 1. The van der Waals surface area contributed by atoms with E-state index in [2.05, 4.69) is 34.6 Å². The first-order chi connectivity index (χ1) is 5.23. The highest BCUT2D eigenvalue weighted by atomic mass is 16.1. The van der Waals surface area contributed by atoms with Crippen LogP contribution in [0.1, 0.15) is 54.4 Å². The lowest BCUT2D eigenvalue weighted by Crippen LogP contribution is -2.33. The molecule has 0 aliphatic rings. The molecule has 72 valence electrons. The number of hydrogen-bond donors (Lipinski definition) is 0. The number of rotatable bonds is 4. The smallest absolute Gasteiger partial charge is 0.130 e. The van der Waals surface area contributed by atoms with Crippen molar-refractivity contribution in [2.75, 3.05) is 0 Å². The van der Waals surface area contributed by atoms with Gasteiger partial charge in [0.2, 0.25) is 0 Å². The predicted molar refractivity (Wildman–Crippen MR) is 53.2 cm³/mol. The highest BCUT2D eigenvalue weighted by Gasteiger charge is 2.35. The van der Waals surface area contributed by atoms with Crippen LogP contribution in [0, 0.1) is 10.8 Å². The molecule has 0 amide bonds. The first-order valence-corrected chi connectivity index (χ1v) is 4.72. The summed E-state index contributed by atoms with van der Waals surface area (Å²) in [5.74, 6) is 0.293. The zero-order valence-corrected chi connectivity index (χ0v) is 9.32. The van der Waals surface area contributed by atoms with Crippen molar-refractivity contribution in [2.24, 2.45) is 10.8 Å². The van der Waals surface area contributed by atoms with E-state index in [0.29, 0.717) is 12.2 Å². The SMILES string of the molecule is CCC(C)(C)C(C)(C)CC(C)=O. The molecule has 1 heteroatoms. The molecular formula is C11H22O. The Bertz CT molecular complexity index is 166. The molecule has 1 nitrogen and oxygen atoms in total. The zero-order chi connectivity index (χ0) is 9.99. The van der Waals surface area contributed by atoms with Crippen LogP contribution < -0.4 is 0 Å². The van der Waals surface area contributed by atoms with Crippen LogP contribution in [0.15, 0.2) is 0 Å². The molecule has 0 rings (SSSR count). The van der Waals surface area contributed by atoms with Crippen molar-refractivity contribution in [1.82, 2.24) is 0 Å². The summed E-state index contributed by atoms with van der Waals surface area (Å²) in [4.78, 5) is 11.0. The highest BCUT2D eigenvalue weighted by molar-refractivity contribution is 5.76. The summed E-state index contributed by atoms with van der Waals surface area (Å²) in [7, 11) is 0. The maximum atomic E-state index is 11.0. The number of carbonyl (C=O) groups excluding carboxylic acids is 1. The van der Waals surface area contributed by atoms with Crippen LogP contribution in [0.25, 0.3) is 0 Å². The lowest BCUT2D eigenvalue weighted by Gasteiger charge is -2.40. The third-order valence-electron chi connectivity index (χ3n) is 3.41. The van der Waals surface area contributed by atoms with Gasteiger partial charge in [-0.15, -0.1) is 0 Å². The fourth-order valence-corrected chi connectivity index (χ4v) is 1.34. The fourth-order valence-electron chi connectivity index (χ4n) is 1.34. The van der Waals surface area contributed by atoms with Crippen LogP contribution in [0.5, 0.6) is 0 Å². The Morgan fingerprint density at radius 3 is 1.75 bits per heavy atom. The first kappa shape index (κ1) is 11.7. The van der Waals surface area contributed by atoms with E-state index in [1.165, 1.54) is 0 Å². The minimum Gasteiger partial charge on any atom is -0.300 e. The molecule has 0 radical (unpaired) electrons. The molecule has 0 N–H and O–H groups in total. The quantitative estimate of drug-likeness (QED) is 0.631. The molecule has 0 heterocycles. The summed E-state index contributed by atoms with van der Waals surface area (Å²) in [5, 5.41) is 0. The molecule has 0 aliphatic carbocycles. The Kier molecular flexibility index (Phi) is 3.49. The molecule has 0 aromatic rings. The van der Waals surface area contributed by atoms with E-state index in [0.717, 1.165) is 6.42 Å². The van der Waals surface area contributed by atoms with Crippen LogP contribution in [0.2, 0.25) is 0 Å². The van der Waals surface area contributed by atoms with Gasteiger partial charge in [-0.25, -0.2) is 0 Å².